The van der Waals surface area contributed by atoms with Crippen molar-refractivity contribution in [2.45, 2.75) is 19.5 Å². The second kappa shape index (κ2) is 8.96. The van der Waals surface area contributed by atoms with Gasteiger partial charge >= 0.3 is 0 Å². The Balaban J connectivity index is 1.34. The lowest BCUT2D eigenvalue weighted by Crippen LogP contribution is -2.35. The summed E-state index contributed by atoms with van der Waals surface area (Å²) in [4.78, 5) is 17.0. The van der Waals surface area contributed by atoms with Gasteiger partial charge in [0.15, 0.2) is 5.69 Å². The van der Waals surface area contributed by atoms with Gasteiger partial charge in [-0.15, -0.1) is 5.10 Å². The molecule has 1 amide bonds. The fourth-order valence-corrected chi connectivity index (χ4v) is 3.59. The van der Waals surface area contributed by atoms with Crippen molar-refractivity contribution in [1.29, 1.82) is 0 Å². The summed E-state index contributed by atoms with van der Waals surface area (Å²) in [7, 11) is 0. The van der Waals surface area contributed by atoms with Gasteiger partial charge in [0.25, 0.3) is 5.91 Å². The predicted octanol–water partition coefficient (Wildman–Crippen LogP) is 2.81. The summed E-state index contributed by atoms with van der Waals surface area (Å²) in [6, 6.07) is 16.6. The van der Waals surface area contributed by atoms with Crippen LogP contribution in [0.15, 0.2) is 60.8 Å². The zero-order valence-electron chi connectivity index (χ0n) is 16.2. The van der Waals surface area contributed by atoms with E-state index in [0.29, 0.717) is 25.3 Å². The van der Waals surface area contributed by atoms with Crippen LogP contribution in [0.4, 0.5) is 4.39 Å². The van der Waals surface area contributed by atoms with Crippen molar-refractivity contribution < 1.29 is 9.18 Å². The number of rotatable bonds is 5. The van der Waals surface area contributed by atoms with E-state index in [1.54, 1.807) is 10.9 Å². The summed E-state index contributed by atoms with van der Waals surface area (Å²) in [5, 5.41) is 8.19. The van der Waals surface area contributed by atoms with Crippen LogP contribution in [0.5, 0.6) is 0 Å². The van der Waals surface area contributed by atoms with Crippen molar-refractivity contribution in [3.8, 4) is 0 Å². The highest BCUT2D eigenvalue weighted by Gasteiger charge is 2.22. The Hall–Kier alpha value is -3.06. The van der Waals surface area contributed by atoms with Gasteiger partial charge in [0.1, 0.15) is 5.82 Å². The number of aromatic nitrogens is 3. The lowest BCUT2D eigenvalue weighted by molar-refractivity contribution is 0.0755. The van der Waals surface area contributed by atoms with Crippen LogP contribution >= 0.6 is 0 Å². The molecule has 1 aromatic heterocycles. The van der Waals surface area contributed by atoms with Crippen LogP contribution < -0.4 is 0 Å². The van der Waals surface area contributed by atoms with Gasteiger partial charge in [0.05, 0.1) is 12.7 Å². The van der Waals surface area contributed by atoms with E-state index in [9.17, 15) is 9.18 Å². The van der Waals surface area contributed by atoms with Crippen molar-refractivity contribution in [3.63, 3.8) is 0 Å². The second-order valence-corrected chi connectivity index (χ2v) is 7.34. The Kier molecular flexibility index (Phi) is 5.95. The number of amides is 1. The summed E-state index contributed by atoms with van der Waals surface area (Å²) in [5.41, 5.74) is 2.57. The average molecular weight is 393 g/mol. The van der Waals surface area contributed by atoms with Crippen LogP contribution in [0.2, 0.25) is 0 Å². The van der Waals surface area contributed by atoms with Crippen molar-refractivity contribution >= 4 is 5.91 Å². The maximum Gasteiger partial charge on any atom is 0.276 e. The van der Waals surface area contributed by atoms with Crippen LogP contribution in [0.25, 0.3) is 0 Å². The van der Waals surface area contributed by atoms with Crippen LogP contribution in [0.1, 0.15) is 28.0 Å². The zero-order chi connectivity index (χ0) is 20.1. The fourth-order valence-electron chi connectivity index (χ4n) is 3.59. The number of hydrogen-bond donors (Lipinski definition) is 0. The number of benzene rings is 2. The maximum atomic E-state index is 13.1. The van der Waals surface area contributed by atoms with Crippen LogP contribution in [0.3, 0.4) is 0 Å². The quantitative estimate of drug-likeness (QED) is 0.669. The molecule has 0 unspecified atom stereocenters. The third kappa shape index (κ3) is 5.06. The van der Waals surface area contributed by atoms with Crippen LogP contribution in [0, 0.1) is 5.82 Å². The summed E-state index contributed by atoms with van der Waals surface area (Å²) in [5.74, 6) is -0.297. The minimum atomic E-state index is -0.221. The first kappa shape index (κ1) is 19.3. The Labute approximate surface area is 169 Å². The monoisotopic (exact) mass is 393 g/mol. The Morgan fingerprint density at radius 2 is 1.66 bits per heavy atom. The van der Waals surface area contributed by atoms with E-state index in [2.05, 4.69) is 15.2 Å². The minimum Gasteiger partial charge on any atom is -0.336 e. The molecular weight excluding hydrogens is 369 g/mol. The topological polar surface area (TPSA) is 54.3 Å². The summed E-state index contributed by atoms with van der Waals surface area (Å²) in [6.45, 7) is 4.38. The normalized spacial score (nSPS) is 15.3. The standard InChI is InChI=1S/C22H24FN5O/c23-20-9-7-19(8-10-20)15-26-11-4-12-27(14-13-26)22(29)21-17-28(25-24-21)16-18-5-2-1-3-6-18/h1-3,5-10,17H,4,11-16H2. The number of hydrogen-bond acceptors (Lipinski definition) is 4. The Bertz CT molecular complexity index is 941. The summed E-state index contributed by atoms with van der Waals surface area (Å²) >= 11 is 0. The molecule has 2 heterocycles. The zero-order valence-corrected chi connectivity index (χ0v) is 16.2. The molecule has 0 aliphatic carbocycles. The molecule has 1 aliphatic heterocycles. The molecule has 7 heteroatoms. The molecule has 150 valence electrons. The molecule has 3 aromatic rings. The number of carbonyl (C=O) groups excluding carboxylic acids is 1. The highest BCUT2D eigenvalue weighted by molar-refractivity contribution is 5.91. The first-order chi connectivity index (χ1) is 14.2. The highest BCUT2D eigenvalue weighted by Crippen LogP contribution is 2.12. The average Bonchev–Trinajstić information content (AvgIpc) is 3.08. The fraction of sp³-hybridized carbons (Fsp3) is 0.318. The highest BCUT2D eigenvalue weighted by atomic mass is 19.1. The van der Waals surface area contributed by atoms with Crippen molar-refractivity contribution in [3.05, 3.63) is 83.4 Å². The lowest BCUT2D eigenvalue weighted by Gasteiger charge is -2.21. The molecular formula is C22H24FN5O. The van der Waals surface area contributed by atoms with Crippen LogP contribution in [-0.4, -0.2) is 56.9 Å². The molecule has 1 aliphatic rings. The van der Waals surface area contributed by atoms with Gasteiger partial charge in [-0.2, -0.15) is 0 Å². The number of nitrogens with zero attached hydrogens (tertiary/aromatic N) is 5. The van der Waals surface area contributed by atoms with E-state index in [4.69, 9.17) is 0 Å². The van der Waals surface area contributed by atoms with Gasteiger partial charge in [-0.25, -0.2) is 9.07 Å². The molecule has 4 rings (SSSR count). The number of halogens is 1. The molecule has 0 atom stereocenters. The first-order valence-corrected chi connectivity index (χ1v) is 9.87. The lowest BCUT2D eigenvalue weighted by atomic mass is 10.2. The molecule has 0 radical (unpaired) electrons. The third-order valence-corrected chi connectivity index (χ3v) is 5.14. The predicted molar refractivity (Wildman–Crippen MR) is 108 cm³/mol. The van der Waals surface area contributed by atoms with E-state index >= 15 is 0 Å². The van der Waals surface area contributed by atoms with Crippen molar-refractivity contribution in [1.82, 2.24) is 24.8 Å². The third-order valence-electron chi connectivity index (χ3n) is 5.14. The van der Waals surface area contributed by atoms with Gasteiger partial charge in [0, 0.05) is 32.7 Å². The molecule has 1 fully saturated rings. The van der Waals surface area contributed by atoms with Crippen molar-refractivity contribution in [2.75, 3.05) is 26.2 Å². The molecule has 1 saturated heterocycles. The largest absolute Gasteiger partial charge is 0.336 e. The molecule has 0 spiro atoms. The van der Waals surface area contributed by atoms with Gasteiger partial charge in [-0.1, -0.05) is 47.7 Å². The SMILES string of the molecule is O=C(c1cn(Cc2ccccc2)nn1)N1CCCN(Cc2ccc(F)cc2)CC1. The summed E-state index contributed by atoms with van der Waals surface area (Å²) < 4.78 is 14.8. The van der Waals surface area contributed by atoms with E-state index in [1.165, 1.54) is 12.1 Å². The molecule has 0 N–H and O–H groups in total. The molecule has 29 heavy (non-hydrogen) atoms. The first-order valence-electron chi connectivity index (χ1n) is 9.87. The van der Waals surface area contributed by atoms with Gasteiger partial charge in [0.2, 0.25) is 0 Å². The van der Waals surface area contributed by atoms with Crippen LogP contribution in [-0.2, 0) is 13.1 Å². The summed E-state index contributed by atoms with van der Waals surface area (Å²) in [6.07, 6.45) is 2.61. The molecule has 0 bridgehead atoms. The van der Waals surface area contributed by atoms with Crippen molar-refractivity contribution in [2.24, 2.45) is 0 Å². The van der Waals surface area contributed by atoms with E-state index in [0.717, 1.165) is 37.2 Å². The minimum absolute atomic E-state index is 0.0760. The van der Waals surface area contributed by atoms with E-state index in [-0.39, 0.29) is 11.7 Å². The van der Waals surface area contributed by atoms with Gasteiger partial charge in [-0.05, 0) is 29.7 Å². The smallest absolute Gasteiger partial charge is 0.276 e. The number of carbonyl (C=O) groups is 1. The van der Waals surface area contributed by atoms with E-state index < -0.39 is 0 Å². The van der Waals surface area contributed by atoms with Gasteiger partial charge in [-0.3, -0.25) is 9.69 Å². The molecule has 6 nitrogen and oxygen atoms in total. The van der Waals surface area contributed by atoms with Gasteiger partial charge < -0.3 is 4.90 Å². The molecule has 2 aromatic carbocycles. The van der Waals surface area contributed by atoms with E-state index in [1.807, 2.05) is 47.4 Å². The maximum absolute atomic E-state index is 13.1. The second-order valence-electron chi connectivity index (χ2n) is 7.34. The Morgan fingerprint density at radius 3 is 2.45 bits per heavy atom. The Morgan fingerprint density at radius 1 is 0.897 bits per heavy atom. The molecule has 0 saturated carbocycles.